The van der Waals surface area contributed by atoms with Crippen LogP contribution < -0.4 is 29.7 Å². The molecule has 0 aliphatic heterocycles. The van der Waals surface area contributed by atoms with E-state index in [1.807, 2.05) is 32.3 Å². The first-order chi connectivity index (χ1) is 13.9. The van der Waals surface area contributed by atoms with Gasteiger partial charge in [-0.3, -0.25) is 4.99 Å². The molecule has 0 atom stereocenters. The van der Waals surface area contributed by atoms with Gasteiger partial charge in [0.05, 0.1) is 27.0 Å². The summed E-state index contributed by atoms with van der Waals surface area (Å²) in [5, 5.41) is 6.41. The lowest BCUT2D eigenvalue weighted by atomic mass is 10.1. The Labute approximate surface area is 194 Å². The minimum atomic E-state index is -0.255. The first-order valence-corrected chi connectivity index (χ1v) is 9.12. The van der Waals surface area contributed by atoms with Gasteiger partial charge in [-0.15, -0.1) is 24.0 Å². The van der Waals surface area contributed by atoms with Crippen molar-refractivity contribution in [1.29, 1.82) is 0 Å². The second-order valence-corrected chi connectivity index (χ2v) is 6.49. The molecular weight excluding hydrogens is 502 g/mol. The summed E-state index contributed by atoms with van der Waals surface area (Å²) < 4.78 is 30.2. The molecule has 0 spiro atoms. The van der Waals surface area contributed by atoms with E-state index in [2.05, 4.69) is 15.6 Å². The molecule has 0 saturated heterocycles. The minimum Gasteiger partial charge on any atom is -0.493 e. The molecule has 0 fully saturated rings. The summed E-state index contributed by atoms with van der Waals surface area (Å²) in [5.41, 5.74) is 2.31. The number of methoxy groups -OCH3 is 3. The van der Waals surface area contributed by atoms with Crippen LogP contribution in [0.25, 0.3) is 0 Å². The lowest BCUT2D eigenvalue weighted by Crippen LogP contribution is -2.36. The maximum absolute atomic E-state index is 14.1. The number of nitrogens with one attached hydrogen (secondary N) is 2. The van der Waals surface area contributed by atoms with Crippen molar-refractivity contribution in [3.8, 4) is 17.2 Å². The highest BCUT2D eigenvalue weighted by Crippen LogP contribution is 2.38. The Morgan fingerprint density at radius 3 is 1.93 bits per heavy atom. The van der Waals surface area contributed by atoms with Crippen LogP contribution in [0.15, 0.2) is 35.3 Å². The Morgan fingerprint density at radius 2 is 1.50 bits per heavy atom. The zero-order chi connectivity index (χ0) is 21.4. The second-order valence-electron chi connectivity index (χ2n) is 6.49. The van der Waals surface area contributed by atoms with E-state index in [9.17, 15) is 4.39 Å². The van der Waals surface area contributed by atoms with Crippen LogP contribution in [0.1, 0.15) is 11.1 Å². The fraction of sp³-hybridized carbons (Fsp3) is 0.381. The van der Waals surface area contributed by atoms with Gasteiger partial charge >= 0.3 is 0 Å². The zero-order valence-electron chi connectivity index (χ0n) is 18.2. The van der Waals surface area contributed by atoms with E-state index in [1.165, 1.54) is 6.07 Å². The summed E-state index contributed by atoms with van der Waals surface area (Å²) >= 11 is 0. The van der Waals surface area contributed by atoms with E-state index >= 15 is 0 Å². The van der Waals surface area contributed by atoms with E-state index in [0.717, 1.165) is 11.1 Å². The van der Waals surface area contributed by atoms with Crippen molar-refractivity contribution < 1.29 is 18.6 Å². The normalized spacial score (nSPS) is 10.7. The average Bonchev–Trinajstić information content (AvgIpc) is 2.72. The molecule has 2 aromatic rings. The topological polar surface area (TPSA) is 67.4 Å². The number of rotatable bonds is 8. The third kappa shape index (κ3) is 6.54. The summed E-state index contributed by atoms with van der Waals surface area (Å²) in [4.78, 5) is 5.95. The van der Waals surface area contributed by atoms with Gasteiger partial charge in [0, 0.05) is 34.2 Å². The van der Waals surface area contributed by atoms with Crippen LogP contribution >= 0.6 is 24.0 Å². The van der Waals surface area contributed by atoms with Gasteiger partial charge in [0.25, 0.3) is 0 Å². The molecule has 9 heteroatoms. The molecule has 0 radical (unpaired) electrons. The van der Waals surface area contributed by atoms with Gasteiger partial charge in [-0.25, -0.2) is 4.39 Å². The van der Waals surface area contributed by atoms with E-state index in [1.54, 1.807) is 39.3 Å². The van der Waals surface area contributed by atoms with E-state index in [-0.39, 0.29) is 29.8 Å². The number of nitrogens with zero attached hydrogens (tertiary/aromatic N) is 2. The molecule has 0 heterocycles. The predicted molar refractivity (Wildman–Crippen MR) is 129 cm³/mol. The van der Waals surface area contributed by atoms with E-state index in [4.69, 9.17) is 14.2 Å². The van der Waals surface area contributed by atoms with Crippen molar-refractivity contribution in [2.75, 3.05) is 47.4 Å². The molecule has 0 aromatic heterocycles. The number of hydrogen-bond donors (Lipinski definition) is 2. The molecule has 0 aliphatic carbocycles. The van der Waals surface area contributed by atoms with Gasteiger partial charge in [0.15, 0.2) is 17.5 Å². The molecule has 166 valence electrons. The summed E-state index contributed by atoms with van der Waals surface area (Å²) in [6.45, 7) is 0.934. The number of ether oxygens (including phenoxy) is 3. The van der Waals surface area contributed by atoms with Crippen molar-refractivity contribution in [2.24, 2.45) is 4.99 Å². The smallest absolute Gasteiger partial charge is 0.203 e. The number of halogens is 2. The third-order valence-electron chi connectivity index (χ3n) is 4.36. The summed E-state index contributed by atoms with van der Waals surface area (Å²) in [6.07, 6.45) is 0. The summed E-state index contributed by atoms with van der Waals surface area (Å²) in [5.74, 6) is 2.06. The molecule has 0 amide bonds. The van der Waals surface area contributed by atoms with Crippen molar-refractivity contribution >= 4 is 35.6 Å². The highest BCUT2D eigenvalue weighted by atomic mass is 127. The van der Waals surface area contributed by atoms with Crippen LogP contribution in [0.5, 0.6) is 17.2 Å². The SMILES string of the molecule is CN=C(NCc1ccc(N(C)C)c(F)c1)NCc1cc(OC)c(OC)c(OC)c1.I. The monoisotopic (exact) mass is 532 g/mol. The van der Waals surface area contributed by atoms with Crippen LogP contribution in [-0.4, -0.2) is 48.4 Å². The van der Waals surface area contributed by atoms with Crippen molar-refractivity contribution in [2.45, 2.75) is 13.1 Å². The maximum Gasteiger partial charge on any atom is 0.203 e. The highest BCUT2D eigenvalue weighted by molar-refractivity contribution is 14.0. The Morgan fingerprint density at radius 1 is 0.933 bits per heavy atom. The molecule has 2 N–H and O–H groups in total. The number of aliphatic imine (C=N–C) groups is 1. The van der Waals surface area contributed by atoms with Gasteiger partial charge in [-0.05, 0) is 35.4 Å². The van der Waals surface area contributed by atoms with Gasteiger partial charge < -0.3 is 29.7 Å². The Bertz CT molecular complexity index is 837. The molecule has 0 saturated carbocycles. The molecule has 7 nitrogen and oxygen atoms in total. The maximum atomic E-state index is 14.1. The Hall–Kier alpha value is -2.43. The van der Waals surface area contributed by atoms with Crippen LogP contribution in [-0.2, 0) is 13.1 Å². The minimum absolute atomic E-state index is 0. The van der Waals surface area contributed by atoms with E-state index < -0.39 is 0 Å². The van der Waals surface area contributed by atoms with Gasteiger partial charge in [-0.2, -0.15) is 0 Å². The summed E-state index contributed by atoms with van der Waals surface area (Å²) in [6, 6.07) is 8.92. The summed E-state index contributed by atoms with van der Waals surface area (Å²) in [7, 11) is 10.0. The molecule has 0 unspecified atom stereocenters. The van der Waals surface area contributed by atoms with Gasteiger partial charge in [0.2, 0.25) is 5.75 Å². The molecular formula is C21H30FIN4O3. The largest absolute Gasteiger partial charge is 0.493 e. The van der Waals surface area contributed by atoms with Crippen LogP contribution in [0.3, 0.4) is 0 Å². The number of guanidine groups is 1. The fourth-order valence-corrected chi connectivity index (χ4v) is 2.85. The van der Waals surface area contributed by atoms with Gasteiger partial charge in [0.1, 0.15) is 5.82 Å². The van der Waals surface area contributed by atoms with Crippen LogP contribution in [0.2, 0.25) is 0 Å². The van der Waals surface area contributed by atoms with E-state index in [0.29, 0.717) is 42.0 Å². The number of benzene rings is 2. The average molecular weight is 532 g/mol. The van der Waals surface area contributed by atoms with Crippen molar-refractivity contribution in [3.05, 3.63) is 47.3 Å². The lowest BCUT2D eigenvalue weighted by molar-refractivity contribution is 0.323. The lowest BCUT2D eigenvalue weighted by Gasteiger charge is -2.17. The van der Waals surface area contributed by atoms with Gasteiger partial charge in [-0.1, -0.05) is 6.07 Å². The highest BCUT2D eigenvalue weighted by Gasteiger charge is 2.13. The Balaban J connectivity index is 0.00000450. The molecule has 0 bridgehead atoms. The fourth-order valence-electron chi connectivity index (χ4n) is 2.85. The third-order valence-corrected chi connectivity index (χ3v) is 4.36. The molecule has 0 aliphatic rings. The predicted octanol–water partition coefficient (Wildman–Crippen LogP) is 3.40. The zero-order valence-corrected chi connectivity index (χ0v) is 20.5. The van der Waals surface area contributed by atoms with Crippen molar-refractivity contribution in [3.63, 3.8) is 0 Å². The first-order valence-electron chi connectivity index (χ1n) is 9.12. The van der Waals surface area contributed by atoms with Crippen molar-refractivity contribution in [1.82, 2.24) is 10.6 Å². The number of hydrogen-bond acceptors (Lipinski definition) is 5. The quantitative estimate of drug-likeness (QED) is 0.309. The van der Waals surface area contributed by atoms with Crippen LogP contribution in [0.4, 0.5) is 10.1 Å². The van der Waals surface area contributed by atoms with Crippen LogP contribution in [0, 0.1) is 5.82 Å². The molecule has 30 heavy (non-hydrogen) atoms. The first kappa shape index (κ1) is 25.6. The standard InChI is InChI=1S/C21H29FN4O3.HI/c1-23-21(24-12-14-7-8-17(26(2)3)16(22)9-14)25-13-15-10-18(27-4)20(29-6)19(11-15)28-5;/h7-11H,12-13H2,1-6H3,(H2,23,24,25);1H. The number of anilines is 1. The second kappa shape index (κ2) is 12.3. The molecule has 2 rings (SSSR count). The Kier molecular flexibility index (Phi) is 10.5. The molecule has 2 aromatic carbocycles.